The average Bonchev–Trinajstić information content (AvgIpc) is 2.65. The third-order valence-electron chi connectivity index (χ3n) is 4.02. The summed E-state index contributed by atoms with van der Waals surface area (Å²) in [6.45, 7) is 6.93. The molecule has 0 aromatic heterocycles. The van der Waals surface area contributed by atoms with Gasteiger partial charge >= 0.3 is 11.9 Å². The minimum Gasteiger partial charge on any atom is -0.494 e. The second kappa shape index (κ2) is 9.21. The van der Waals surface area contributed by atoms with Crippen molar-refractivity contribution in [3.63, 3.8) is 0 Å². The highest BCUT2D eigenvalue weighted by Gasteiger charge is 2.13. The third-order valence-corrected chi connectivity index (χ3v) is 4.02. The molecule has 0 amide bonds. The Morgan fingerprint density at radius 2 is 1.48 bits per heavy atom. The normalized spacial score (nSPS) is 11.0. The van der Waals surface area contributed by atoms with Crippen molar-refractivity contribution >= 4 is 11.9 Å². The molecule has 0 unspecified atom stereocenters. The zero-order chi connectivity index (χ0) is 19.9. The smallest absolute Gasteiger partial charge is 0.337 e. The number of ether oxygens (including phenoxy) is 3. The molecule has 0 N–H and O–H groups in total. The van der Waals surface area contributed by atoms with Gasteiger partial charge < -0.3 is 14.2 Å². The predicted octanol–water partition coefficient (Wildman–Crippen LogP) is 4.54. The first-order valence-corrected chi connectivity index (χ1v) is 8.92. The summed E-state index contributed by atoms with van der Waals surface area (Å²) < 4.78 is 15.5. The van der Waals surface area contributed by atoms with Gasteiger partial charge in [-0.25, -0.2) is 4.79 Å². The molecular weight excluding hydrogens is 344 g/mol. The van der Waals surface area contributed by atoms with Crippen molar-refractivity contribution in [3.05, 3.63) is 59.7 Å². The maximum absolute atomic E-state index is 11.9. The largest absolute Gasteiger partial charge is 0.494 e. The van der Waals surface area contributed by atoms with Crippen molar-refractivity contribution in [2.45, 2.75) is 39.0 Å². The Balaban J connectivity index is 1.72. The van der Waals surface area contributed by atoms with Crippen LogP contribution in [0.2, 0.25) is 0 Å². The molecule has 0 atom stereocenters. The lowest BCUT2D eigenvalue weighted by atomic mass is 9.87. The van der Waals surface area contributed by atoms with Gasteiger partial charge in [-0.2, -0.15) is 0 Å². The van der Waals surface area contributed by atoms with E-state index >= 15 is 0 Å². The maximum atomic E-state index is 11.9. The number of carbonyl (C=O) groups is 2. The summed E-state index contributed by atoms with van der Waals surface area (Å²) in [5.41, 5.74) is 1.76. The van der Waals surface area contributed by atoms with Gasteiger partial charge in [0.15, 0.2) is 0 Å². The highest BCUT2D eigenvalue weighted by molar-refractivity contribution is 5.89. The molecule has 0 radical (unpaired) electrons. The predicted molar refractivity (Wildman–Crippen MR) is 103 cm³/mol. The molecule has 0 aliphatic carbocycles. The molecule has 5 nitrogen and oxygen atoms in total. The molecule has 2 rings (SSSR count). The SMILES string of the molecule is COC(=O)c1ccc(OC(=O)CCCOc2ccc(C(C)(C)C)cc2)cc1. The highest BCUT2D eigenvalue weighted by atomic mass is 16.5. The Hall–Kier alpha value is -2.82. The summed E-state index contributed by atoms with van der Waals surface area (Å²) in [4.78, 5) is 23.2. The van der Waals surface area contributed by atoms with Crippen molar-refractivity contribution in [3.8, 4) is 11.5 Å². The van der Waals surface area contributed by atoms with Crippen LogP contribution in [0.3, 0.4) is 0 Å². The fourth-order valence-corrected chi connectivity index (χ4v) is 2.42. The summed E-state index contributed by atoms with van der Waals surface area (Å²) in [5, 5.41) is 0. The summed E-state index contributed by atoms with van der Waals surface area (Å²) >= 11 is 0. The quantitative estimate of drug-likeness (QED) is 0.407. The molecular formula is C22H26O5. The van der Waals surface area contributed by atoms with E-state index in [-0.39, 0.29) is 17.8 Å². The summed E-state index contributed by atoms with van der Waals surface area (Å²) in [6, 6.07) is 14.2. The number of carbonyl (C=O) groups excluding carboxylic acids is 2. The molecule has 0 saturated heterocycles. The van der Waals surface area contributed by atoms with Crippen LogP contribution in [0.1, 0.15) is 49.5 Å². The zero-order valence-corrected chi connectivity index (χ0v) is 16.3. The first kappa shape index (κ1) is 20.5. The van der Waals surface area contributed by atoms with Gasteiger partial charge in [-0.1, -0.05) is 32.9 Å². The zero-order valence-electron chi connectivity index (χ0n) is 16.3. The van der Waals surface area contributed by atoms with Gasteiger partial charge in [0.05, 0.1) is 19.3 Å². The number of esters is 2. The van der Waals surface area contributed by atoms with E-state index in [1.807, 2.05) is 12.1 Å². The molecule has 0 fully saturated rings. The number of hydrogen-bond donors (Lipinski definition) is 0. The van der Waals surface area contributed by atoms with E-state index in [0.29, 0.717) is 24.3 Å². The van der Waals surface area contributed by atoms with Crippen LogP contribution in [0, 0.1) is 0 Å². The number of benzene rings is 2. The summed E-state index contributed by atoms with van der Waals surface area (Å²) in [5.74, 6) is 0.411. The lowest BCUT2D eigenvalue weighted by Crippen LogP contribution is -2.11. The van der Waals surface area contributed by atoms with Crippen LogP contribution in [0.25, 0.3) is 0 Å². The van der Waals surface area contributed by atoms with Crippen LogP contribution < -0.4 is 9.47 Å². The number of methoxy groups -OCH3 is 1. The Kier molecular flexibility index (Phi) is 6.99. The van der Waals surface area contributed by atoms with Crippen LogP contribution >= 0.6 is 0 Å². The van der Waals surface area contributed by atoms with Crippen molar-refractivity contribution in [2.75, 3.05) is 13.7 Å². The third kappa shape index (κ3) is 6.44. The second-order valence-corrected chi connectivity index (χ2v) is 7.22. The van der Waals surface area contributed by atoms with Crippen LogP contribution in [-0.2, 0) is 14.9 Å². The molecule has 5 heteroatoms. The van der Waals surface area contributed by atoms with Crippen molar-refractivity contribution in [2.24, 2.45) is 0 Å². The van der Waals surface area contributed by atoms with E-state index in [4.69, 9.17) is 9.47 Å². The lowest BCUT2D eigenvalue weighted by molar-refractivity contribution is -0.134. The first-order valence-electron chi connectivity index (χ1n) is 8.92. The first-order chi connectivity index (χ1) is 12.8. The summed E-state index contributed by atoms with van der Waals surface area (Å²) in [7, 11) is 1.32. The Morgan fingerprint density at radius 3 is 2.04 bits per heavy atom. The van der Waals surface area contributed by atoms with E-state index in [1.54, 1.807) is 24.3 Å². The van der Waals surface area contributed by atoms with Crippen molar-refractivity contribution < 1.29 is 23.8 Å². The van der Waals surface area contributed by atoms with Crippen LogP contribution in [0.5, 0.6) is 11.5 Å². The molecule has 0 heterocycles. The van der Waals surface area contributed by atoms with Crippen molar-refractivity contribution in [1.82, 2.24) is 0 Å². The molecule has 0 aliphatic rings. The van der Waals surface area contributed by atoms with Gasteiger partial charge in [0.2, 0.25) is 0 Å². The van der Waals surface area contributed by atoms with Gasteiger partial charge in [-0.15, -0.1) is 0 Å². The topological polar surface area (TPSA) is 61.8 Å². The molecule has 0 bridgehead atoms. The van der Waals surface area contributed by atoms with Gasteiger partial charge in [0.25, 0.3) is 0 Å². The molecule has 27 heavy (non-hydrogen) atoms. The van der Waals surface area contributed by atoms with E-state index in [1.165, 1.54) is 12.7 Å². The minimum atomic E-state index is -0.430. The van der Waals surface area contributed by atoms with Gasteiger partial charge in [-0.3, -0.25) is 4.79 Å². The lowest BCUT2D eigenvalue weighted by Gasteiger charge is -2.19. The number of rotatable bonds is 7. The summed E-state index contributed by atoms with van der Waals surface area (Å²) in [6.07, 6.45) is 0.804. The molecule has 144 valence electrons. The Labute approximate surface area is 160 Å². The van der Waals surface area contributed by atoms with Crippen molar-refractivity contribution in [1.29, 1.82) is 0 Å². The molecule has 0 aliphatic heterocycles. The van der Waals surface area contributed by atoms with Crippen LogP contribution in [0.15, 0.2) is 48.5 Å². The van der Waals surface area contributed by atoms with E-state index in [0.717, 1.165) is 5.75 Å². The van der Waals surface area contributed by atoms with Gasteiger partial charge in [-0.05, 0) is 53.8 Å². The Bertz CT molecular complexity index is 755. The minimum absolute atomic E-state index is 0.108. The van der Waals surface area contributed by atoms with E-state index < -0.39 is 5.97 Å². The number of hydrogen-bond acceptors (Lipinski definition) is 5. The fourth-order valence-electron chi connectivity index (χ4n) is 2.42. The van der Waals surface area contributed by atoms with Crippen LogP contribution in [0.4, 0.5) is 0 Å². The molecule has 2 aromatic carbocycles. The maximum Gasteiger partial charge on any atom is 0.337 e. The van der Waals surface area contributed by atoms with E-state index in [2.05, 4.69) is 37.6 Å². The highest BCUT2D eigenvalue weighted by Crippen LogP contribution is 2.24. The van der Waals surface area contributed by atoms with Crippen LogP contribution in [-0.4, -0.2) is 25.7 Å². The van der Waals surface area contributed by atoms with Gasteiger partial charge in [0, 0.05) is 6.42 Å². The monoisotopic (exact) mass is 370 g/mol. The Morgan fingerprint density at radius 1 is 0.889 bits per heavy atom. The molecule has 2 aromatic rings. The van der Waals surface area contributed by atoms with Gasteiger partial charge in [0.1, 0.15) is 11.5 Å². The molecule has 0 spiro atoms. The average molecular weight is 370 g/mol. The second-order valence-electron chi connectivity index (χ2n) is 7.22. The molecule has 0 saturated carbocycles. The standard InChI is InChI=1S/C22H26O5/c1-22(2,3)17-9-13-18(14-10-17)26-15-5-6-20(23)27-19-11-7-16(8-12-19)21(24)25-4/h7-14H,5-6,15H2,1-4H3. The van der Waals surface area contributed by atoms with E-state index in [9.17, 15) is 9.59 Å². The fraction of sp³-hybridized carbons (Fsp3) is 0.364.